The van der Waals surface area contributed by atoms with Crippen molar-refractivity contribution in [1.29, 1.82) is 0 Å². The molecule has 0 aliphatic rings. The summed E-state index contributed by atoms with van der Waals surface area (Å²) < 4.78 is 25.1. The Morgan fingerprint density at radius 2 is 1.91 bits per heavy atom. The summed E-state index contributed by atoms with van der Waals surface area (Å²) in [7, 11) is -1.89. The number of nitrogens with zero attached hydrogens (tertiary/aromatic N) is 1. The molecule has 2 rings (SSSR count). The number of hydrogen-bond acceptors (Lipinski definition) is 5. The van der Waals surface area contributed by atoms with Crippen LogP contribution in [0, 0.1) is 0 Å². The molecule has 0 saturated carbocycles. The highest BCUT2D eigenvalue weighted by Gasteiger charge is 2.08. The minimum atomic E-state index is -3.28. The first-order chi connectivity index (χ1) is 10.5. The van der Waals surface area contributed by atoms with Crippen molar-refractivity contribution in [2.24, 2.45) is 0 Å². The summed E-state index contributed by atoms with van der Waals surface area (Å²) in [4.78, 5) is 15.6. The van der Waals surface area contributed by atoms with E-state index in [0.29, 0.717) is 17.2 Å². The number of aromatic nitrogens is 1. The molecule has 0 unspecified atom stereocenters. The Balaban J connectivity index is 1.85. The van der Waals surface area contributed by atoms with Crippen molar-refractivity contribution < 1.29 is 13.2 Å². The summed E-state index contributed by atoms with van der Waals surface area (Å²) >= 11 is 1.34. The zero-order valence-electron chi connectivity index (χ0n) is 11.9. The minimum Gasteiger partial charge on any atom is -0.334 e. The first-order valence-corrected chi connectivity index (χ1v) is 8.95. The quantitative estimate of drug-likeness (QED) is 0.742. The third kappa shape index (κ3) is 5.10. The summed E-state index contributed by atoms with van der Waals surface area (Å²) in [5, 5.41) is 7.62. The second-order valence-electron chi connectivity index (χ2n) is 4.42. The standard InChI is InChI=1S/C13H16N4O3S2/c1-14-22(19,20)9-11-4-2-10(3-5-11)8-16-12(18)17-13-15-6-7-21-13/h2-7,14H,8-9H2,1H3,(H2,15,16,17,18). The zero-order valence-corrected chi connectivity index (χ0v) is 13.5. The molecule has 0 radical (unpaired) electrons. The van der Waals surface area contributed by atoms with Gasteiger partial charge in [0.05, 0.1) is 5.75 Å². The highest BCUT2D eigenvalue weighted by molar-refractivity contribution is 7.88. The van der Waals surface area contributed by atoms with Gasteiger partial charge < -0.3 is 5.32 Å². The van der Waals surface area contributed by atoms with Crippen molar-refractivity contribution >= 4 is 32.5 Å². The second kappa shape index (κ2) is 7.34. The predicted molar refractivity (Wildman–Crippen MR) is 86.1 cm³/mol. The Labute approximate surface area is 132 Å². The van der Waals surface area contributed by atoms with Gasteiger partial charge in [0.25, 0.3) is 0 Å². The van der Waals surface area contributed by atoms with Crippen LogP contribution in [0.25, 0.3) is 0 Å². The van der Waals surface area contributed by atoms with E-state index < -0.39 is 10.0 Å². The molecule has 0 saturated heterocycles. The van der Waals surface area contributed by atoms with Gasteiger partial charge in [-0.3, -0.25) is 5.32 Å². The molecule has 1 aromatic heterocycles. The smallest absolute Gasteiger partial charge is 0.321 e. The largest absolute Gasteiger partial charge is 0.334 e. The van der Waals surface area contributed by atoms with Crippen LogP contribution in [-0.4, -0.2) is 26.5 Å². The number of sulfonamides is 1. The van der Waals surface area contributed by atoms with E-state index in [9.17, 15) is 13.2 Å². The van der Waals surface area contributed by atoms with Crippen LogP contribution in [0.5, 0.6) is 0 Å². The Bertz CT molecular complexity index is 712. The Morgan fingerprint density at radius 1 is 1.23 bits per heavy atom. The molecule has 1 aromatic carbocycles. The van der Waals surface area contributed by atoms with Crippen LogP contribution in [0.3, 0.4) is 0 Å². The fourth-order valence-electron chi connectivity index (χ4n) is 1.65. The summed E-state index contributed by atoms with van der Waals surface area (Å²) in [6.45, 7) is 0.344. The third-order valence-corrected chi connectivity index (χ3v) is 4.82. The highest BCUT2D eigenvalue weighted by Crippen LogP contribution is 2.10. The van der Waals surface area contributed by atoms with Gasteiger partial charge in [-0.1, -0.05) is 24.3 Å². The van der Waals surface area contributed by atoms with Gasteiger partial charge in [0.1, 0.15) is 0 Å². The minimum absolute atomic E-state index is 0.0677. The summed E-state index contributed by atoms with van der Waals surface area (Å²) in [5.41, 5.74) is 1.56. The van der Waals surface area contributed by atoms with E-state index in [-0.39, 0.29) is 11.8 Å². The maximum Gasteiger partial charge on any atom is 0.321 e. The molecule has 0 aliphatic heterocycles. The number of benzene rings is 1. The molecule has 0 spiro atoms. The molecule has 2 amide bonds. The molecular formula is C13H16N4O3S2. The number of amides is 2. The number of nitrogens with one attached hydrogen (secondary N) is 3. The lowest BCUT2D eigenvalue weighted by Gasteiger charge is -2.07. The van der Waals surface area contributed by atoms with E-state index in [2.05, 4.69) is 20.3 Å². The number of rotatable bonds is 6. The van der Waals surface area contributed by atoms with Crippen molar-refractivity contribution in [1.82, 2.24) is 15.0 Å². The fraction of sp³-hybridized carbons (Fsp3) is 0.231. The second-order valence-corrected chi connectivity index (χ2v) is 7.25. The number of anilines is 1. The summed E-state index contributed by atoms with van der Waals surface area (Å²) in [6, 6.07) is 6.68. The van der Waals surface area contributed by atoms with Gasteiger partial charge in [-0.25, -0.2) is 22.9 Å². The van der Waals surface area contributed by atoms with Crippen molar-refractivity contribution in [3.8, 4) is 0 Å². The van der Waals surface area contributed by atoms with Crippen LogP contribution >= 0.6 is 11.3 Å². The lowest BCUT2D eigenvalue weighted by atomic mass is 10.1. The van der Waals surface area contributed by atoms with Crippen molar-refractivity contribution in [3.05, 3.63) is 47.0 Å². The lowest BCUT2D eigenvalue weighted by Crippen LogP contribution is -2.28. The van der Waals surface area contributed by atoms with Gasteiger partial charge >= 0.3 is 6.03 Å². The van der Waals surface area contributed by atoms with Crippen molar-refractivity contribution in [2.45, 2.75) is 12.3 Å². The Hall–Kier alpha value is -1.97. The van der Waals surface area contributed by atoms with Crippen molar-refractivity contribution in [2.75, 3.05) is 12.4 Å². The number of thiazole rings is 1. The molecular weight excluding hydrogens is 324 g/mol. The van der Waals surface area contributed by atoms with Crippen LogP contribution in [-0.2, 0) is 22.3 Å². The van der Waals surface area contributed by atoms with Crippen LogP contribution in [0.15, 0.2) is 35.8 Å². The molecule has 0 atom stereocenters. The van der Waals surface area contributed by atoms with Gasteiger partial charge in [0.2, 0.25) is 10.0 Å². The number of carbonyl (C=O) groups excluding carboxylic acids is 1. The average molecular weight is 340 g/mol. The normalized spacial score (nSPS) is 11.1. The van der Waals surface area contributed by atoms with Gasteiger partial charge in [-0.15, -0.1) is 11.3 Å². The number of urea groups is 1. The van der Waals surface area contributed by atoms with Gasteiger partial charge in [0, 0.05) is 18.1 Å². The van der Waals surface area contributed by atoms with E-state index in [1.807, 2.05) is 0 Å². The zero-order chi connectivity index (χ0) is 16.0. The predicted octanol–water partition coefficient (Wildman–Crippen LogP) is 1.51. The first-order valence-electron chi connectivity index (χ1n) is 6.42. The van der Waals surface area contributed by atoms with Gasteiger partial charge in [-0.2, -0.15) is 0 Å². The molecule has 0 aliphatic carbocycles. The van der Waals surface area contributed by atoms with Crippen LogP contribution in [0.2, 0.25) is 0 Å². The fourth-order valence-corrected chi connectivity index (χ4v) is 2.95. The molecule has 0 fully saturated rings. The van der Waals surface area contributed by atoms with Crippen LogP contribution in [0.1, 0.15) is 11.1 Å². The van der Waals surface area contributed by atoms with Crippen LogP contribution in [0.4, 0.5) is 9.93 Å². The summed E-state index contributed by atoms with van der Waals surface area (Å²) in [6.07, 6.45) is 1.61. The first kappa shape index (κ1) is 16.4. The highest BCUT2D eigenvalue weighted by atomic mass is 32.2. The average Bonchev–Trinajstić information content (AvgIpc) is 2.99. The molecule has 1 heterocycles. The maximum atomic E-state index is 11.6. The lowest BCUT2D eigenvalue weighted by molar-refractivity contribution is 0.251. The molecule has 9 heteroatoms. The molecule has 3 N–H and O–H groups in total. The van der Waals surface area contributed by atoms with E-state index in [0.717, 1.165) is 5.56 Å². The number of carbonyl (C=O) groups is 1. The third-order valence-electron chi connectivity index (χ3n) is 2.80. The SMILES string of the molecule is CNS(=O)(=O)Cc1ccc(CNC(=O)Nc2nccs2)cc1. The summed E-state index contributed by atoms with van der Waals surface area (Å²) in [5.74, 6) is -0.0677. The molecule has 7 nitrogen and oxygen atoms in total. The van der Waals surface area contributed by atoms with E-state index >= 15 is 0 Å². The topological polar surface area (TPSA) is 100 Å². The van der Waals surface area contributed by atoms with Gasteiger partial charge in [0.15, 0.2) is 5.13 Å². The van der Waals surface area contributed by atoms with E-state index in [1.165, 1.54) is 18.4 Å². The van der Waals surface area contributed by atoms with E-state index in [1.54, 1.807) is 35.8 Å². The molecule has 0 bridgehead atoms. The molecule has 118 valence electrons. The van der Waals surface area contributed by atoms with E-state index in [4.69, 9.17) is 0 Å². The number of hydrogen-bond donors (Lipinski definition) is 3. The monoisotopic (exact) mass is 340 g/mol. The molecule has 22 heavy (non-hydrogen) atoms. The molecule has 2 aromatic rings. The van der Waals surface area contributed by atoms with Gasteiger partial charge in [-0.05, 0) is 18.2 Å². The Morgan fingerprint density at radius 3 is 2.50 bits per heavy atom. The maximum absolute atomic E-state index is 11.6. The van der Waals surface area contributed by atoms with Crippen molar-refractivity contribution in [3.63, 3.8) is 0 Å². The van der Waals surface area contributed by atoms with Crippen LogP contribution < -0.4 is 15.4 Å². The Kier molecular flexibility index (Phi) is 5.47.